The highest BCUT2D eigenvalue weighted by Gasteiger charge is 2.20. The van der Waals surface area contributed by atoms with Crippen LogP contribution in [0.2, 0.25) is 0 Å². The largest absolute Gasteiger partial charge is 0.484 e. The lowest BCUT2D eigenvalue weighted by molar-refractivity contribution is -0.118. The summed E-state index contributed by atoms with van der Waals surface area (Å²) in [5.41, 5.74) is 0.727. The van der Waals surface area contributed by atoms with Gasteiger partial charge in [0.15, 0.2) is 23.9 Å². The van der Waals surface area contributed by atoms with Gasteiger partial charge in [0.05, 0.1) is 5.69 Å². The average Bonchev–Trinajstić information content (AvgIpc) is 2.99. The normalized spacial score (nSPS) is 11.9. The Balaban J connectivity index is 1.71. The number of fused-ring (bicyclic) bond motifs is 1. The molecule has 3 rings (SSSR count). The van der Waals surface area contributed by atoms with Gasteiger partial charge in [-0.1, -0.05) is 22.0 Å². The summed E-state index contributed by atoms with van der Waals surface area (Å²) in [6.45, 7) is 1.34. The van der Waals surface area contributed by atoms with Crippen LogP contribution in [0.1, 0.15) is 17.3 Å². The fraction of sp³-hybridized carbons (Fsp3) is 0.176. The SMILES string of the molecule is CC(=O)c1cc2c(cc1NC(=O)COc1cccc(Br)c1)OCO2. The number of carbonyl (C=O) groups excluding carboxylic acids is 2. The highest BCUT2D eigenvalue weighted by molar-refractivity contribution is 9.10. The van der Waals surface area contributed by atoms with Gasteiger partial charge in [0.1, 0.15) is 5.75 Å². The van der Waals surface area contributed by atoms with E-state index in [0.717, 1.165) is 4.47 Å². The van der Waals surface area contributed by atoms with Gasteiger partial charge in [0, 0.05) is 16.1 Å². The molecule has 24 heavy (non-hydrogen) atoms. The quantitative estimate of drug-likeness (QED) is 0.790. The second kappa shape index (κ2) is 6.92. The van der Waals surface area contributed by atoms with Crippen LogP contribution in [0.15, 0.2) is 40.9 Å². The molecule has 7 heteroatoms. The van der Waals surface area contributed by atoms with Crippen LogP contribution in [-0.4, -0.2) is 25.1 Å². The molecule has 1 amide bonds. The number of benzene rings is 2. The number of nitrogens with one attached hydrogen (secondary N) is 1. The lowest BCUT2D eigenvalue weighted by Crippen LogP contribution is -2.21. The van der Waals surface area contributed by atoms with Crippen LogP contribution in [0.3, 0.4) is 0 Å². The molecule has 0 fully saturated rings. The number of hydrogen-bond donors (Lipinski definition) is 1. The minimum absolute atomic E-state index is 0.0933. The maximum absolute atomic E-state index is 12.1. The summed E-state index contributed by atoms with van der Waals surface area (Å²) in [4.78, 5) is 23.9. The molecule has 0 unspecified atom stereocenters. The molecule has 0 atom stereocenters. The number of anilines is 1. The summed E-state index contributed by atoms with van der Waals surface area (Å²) >= 11 is 3.33. The summed E-state index contributed by atoms with van der Waals surface area (Å²) in [5.74, 6) is 0.983. The van der Waals surface area contributed by atoms with Crippen molar-refractivity contribution in [2.75, 3.05) is 18.7 Å². The van der Waals surface area contributed by atoms with Crippen LogP contribution < -0.4 is 19.5 Å². The molecular formula is C17H14BrNO5. The van der Waals surface area contributed by atoms with Gasteiger partial charge in [-0.2, -0.15) is 0 Å². The summed E-state index contributed by atoms with van der Waals surface area (Å²) in [7, 11) is 0. The highest BCUT2D eigenvalue weighted by atomic mass is 79.9. The maximum atomic E-state index is 12.1. The molecule has 0 saturated carbocycles. The van der Waals surface area contributed by atoms with Crippen LogP contribution in [0.5, 0.6) is 17.2 Å². The predicted molar refractivity (Wildman–Crippen MR) is 90.8 cm³/mol. The number of amides is 1. The molecule has 0 radical (unpaired) electrons. The van der Waals surface area contributed by atoms with E-state index < -0.39 is 0 Å². The Labute approximate surface area is 146 Å². The van der Waals surface area contributed by atoms with E-state index in [9.17, 15) is 9.59 Å². The monoisotopic (exact) mass is 391 g/mol. The Hall–Kier alpha value is -2.54. The van der Waals surface area contributed by atoms with Gasteiger partial charge in [0.2, 0.25) is 6.79 Å². The Morgan fingerprint density at radius 1 is 1.21 bits per heavy atom. The molecule has 2 aromatic rings. The van der Waals surface area contributed by atoms with Gasteiger partial charge in [-0.15, -0.1) is 0 Å². The summed E-state index contributed by atoms with van der Waals surface area (Å²) in [5, 5.41) is 2.67. The zero-order chi connectivity index (χ0) is 17.1. The smallest absolute Gasteiger partial charge is 0.262 e. The van der Waals surface area contributed by atoms with Crippen LogP contribution in [0.4, 0.5) is 5.69 Å². The summed E-state index contributed by atoms with van der Waals surface area (Å²) in [6.07, 6.45) is 0. The number of rotatable bonds is 5. The van der Waals surface area contributed by atoms with Gasteiger partial charge in [-0.3, -0.25) is 9.59 Å². The van der Waals surface area contributed by atoms with Crippen molar-refractivity contribution < 1.29 is 23.8 Å². The first-order valence-electron chi connectivity index (χ1n) is 7.16. The molecule has 0 spiro atoms. The number of ketones is 1. The number of Topliss-reactive ketones (excluding diaryl/α,β-unsaturated/α-hetero) is 1. The molecule has 1 heterocycles. The fourth-order valence-corrected chi connectivity index (χ4v) is 2.61. The van der Waals surface area contributed by atoms with Gasteiger partial charge in [-0.05, 0) is 31.2 Å². The highest BCUT2D eigenvalue weighted by Crippen LogP contribution is 2.37. The molecular weight excluding hydrogens is 378 g/mol. The van der Waals surface area contributed by atoms with Gasteiger partial charge < -0.3 is 19.5 Å². The fourth-order valence-electron chi connectivity index (χ4n) is 2.23. The van der Waals surface area contributed by atoms with Crippen molar-refractivity contribution in [1.29, 1.82) is 0 Å². The molecule has 0 bridgehead atoms. The van der Waals surface area contributed by atoms with Crippen molar-refractivity contribution in [3.8, 4) is 17.2 Å². The predicted octanol–water partition coefficient (Wildman–Crippen LogP) is 3.40. The molecule has 6 nitrogen and oxygen atoms in total. The number of halogens is 1. The van der Waals surface area contributed by atoms with E-state index in [1.807, 2.05) is 12.1 Å². The molecule has 1 aliphatic rings. The minimum Gasteiger partial charge on any atom is -0.484 e. The zero-order valence-corrected chi connectivity index (χ0v) is 14.4. The van der Waals surface area contributed by atoms with Crippen molar-refractivity contribution in [1.82, 2.24) is 0 Å². The Bertz CT molecular complexity index is 806. The molecule has 124 valence electrons. The maximum Gasteiger partial charge on any atom is 0.262 e. The van der Waals surface area contributed by atoms with Gasteiger partial charge >= 0.3 is 0 Å². The van der Waals surface area contributed by atoms with Crippen LogP contribution >= 0.6 is 15.9 Å². The van der Waals surface area contributed by atoms with E-state index in [1.165, 1.54) is 6.92 Å². The third-order valence-corrected chi connectivity index (χ3v) is 3.83. The second-order valence-corrected chi connectivity index (χ2v) is 6.02. The van der Waals surface area contributed by atoms with Crippen molar-refractivity contribution in [3.05, 3.63) is 46.4 Å². The van der Waals surface area contributed by atoms with E-state index in [-0.39, 0.29) is 25.1 Å². The minimum atomic E-state index is -0.378. The molecule has 2 aromatic carbocycles. The van der Waals surface area contributed by atoms with Crippen molar-refractivity contribution in [3.63, 3.8) is 0 Å². The van der Waals surface area contributed by atoms with E-state index in [1.54, 1.807) is 24.3 Å². The lowest BCUT2D eigenvalue weighted by atomic mass is 10.1. The standard InChI is InChI=1S/C17H14BrNO5/c1-10(20)13-6-15-16(24-9-23-15)7-14(13)19-17(21)8-22-12-4-2-3-11(18)5-12/h2-7H,8-9H2,1H3,(H,19,21). The van der Waals surface area contributed by atoms with E-state index in [0.29, 0.717) is 28.5 Å². The Kier molecular flexibility index (Phi) is 4.71. The molecule has 0 aromatic heterocycles. The van der Waals surface area contributed by atoms with Crippen molar-refractivity contribution in [2.45, 2.75) is 6.92 Å². The second-order valence-electron chi connectivity index (χ2n) is 5.10. The Morgan fingerprint density at radius 2 is 1.96 bits per heavy atom. The Morgan fingerprint density at radius 3 is 2.67 bits per heavy atom. The van der Waals surface area contributed by atoms with E-state index >= 15 is 0 Å². The molecule has 0 saturated heterocycles. The van der Waals surface area contributed by atoms with Gasteiger partial charge in [0.25, 0.3) is 5.91 Å². The lowest BCUT2D eigenvalue weighted by Gasteiger charge is -2.11. The first kappa shape index (κ1) is 16.3. The third-order valence-electron chi connectivity index (χ3n) is 3.33. The van der Waals surface area contributed by atoms with Crippen LogP contribution in [0.25, 0.3) is 0 Å². The van der Waals surface area contributed by atoms with Crippen molar-refractivity contribution in [2.24, 2.45) is 0 Å². The molecule has 0 aliphatic carbocycles. The number of carbonyl (C=O) groups is 2. The molecule has 1 N–H and O–H groups in total. The average molecular weight is 392 g/mol. The summed E-state index contributed by atoms with van der Waals surface area (Å²) < 4.78 is 16.8. The third kappa shape index (κ3) is 3.68. The number of hydrogen-bond acceptors (Lipinski definition) is 5. The number of ether oxygens (including phenoxy) is 3. The van der Waals surface area contributed by atoms with Gasteiger partial charge in [-0.25, -0.2) is 0 Å². The topological polar surface area (TPSA) is 73.9 Å². The molecule has 1 aliphatic heterocycles. The van der Waals surface area contributed by atoms with E-state index in [2.05, 4.69) is 21.2 Å². The first-order chi connectivity index (χ1) is 11.5. The summed E-state index contributed by atoms with van der Waals surface area (Å²) in [6, 6.07) is 10.3. The van der Waals surface area contributed by atoms with Crippen LogP contribution in [0, 0.1) is 0 Å². The van der Waals surface area contributed by atoms with E-state index in [4.69, 9.17) is 14.2 Å². The van der Waals surface area contributed by atoms with Crippen molar-refractivity contribution >= 4 is 33.3 Å². The van der Waals surface area contributed by atoms with Crippen LogP contribution in [-0.2, 0) is 4.79 Å². The zero-order valence-electron chi connectivity index (χ0n) is 12.8. The first-order valence-corrected chi connectivity index (χ1v) is 7.95.